The number of benzene rings is 1. The lowest BCUT2D eigenvalue weighted by atomic mass is 10.0. The van der Waals surface area contributed by atoms with E-state index in [2.05, 4.69) is 20.6 Å². The third-order valence-electron chi connectivity index (χ3n) is 6.52. The molecule has 9 nitrogen and oxygen atoms in total. The molecule has 12 heteroatoms. The lowest BCUT2D eigenvalue weighted by molar-refractivity contribution is 0.0133. The number of amides is 1. The topological polar surface area (TPSA) is 110 Å². The molecule has 2 aliphatic rings. The van der Waals surface area contributed by atoms with Crippen molar-refractivity contribution >= 4 is 23.7 Å². The van der Waals surface area contributed by atoms with E-state index in [4.69, 9.17) is 10.5 Å². The second kappa shape index (κ2) is 15.9. The normalized spacial score (nSPS) is 17.0. The molecule has 228 valence electrons. The Morgan fingerprint density at radius 1 is 1.29 bits per heavy atom. The lowest BCUT2D eigenvalue weighted by Gasteiger charge is -2.14. The number of carbonyl (C=O) groups excluding carboxylic acids is 1. The van der Waals surface area contributed by atoms with Gasteiger partial charge >= 0.3 is 6.09 Å². The largest absolute Gasteiger partial charge is 0.443 e. The number of aromatic nitrogens is 2. The number of ether oxygens (including phenoxy) is 1. The van der Waals surface area contributed by atoms with E-state index in [1.54, 1.807) is 25.5 Å². The van der Waals surface area contributed by atoms with Crippen LogP contribution in [0.2, 0.25) is 0 Å². The van der Waals surface area contributed by atoms with Gasteiger partial charge in [0.1, 0.15) is 11.9 Å². The lowest BCUT2D eigenvalue weighted by Crippen LogP contribution is -2.30. The number of hydrogen-bond donors (Lipinski definition) is 3. The summed E-state index contributed by atoms with van der Waals surface area (Å²) in [6.45, 7) is 5.86. The second-order valence-electron chi connectivity index (χ2n) is 10.1. The number of imidazole rings is 1. The van der Waals surface area contributed by atoms with E-state index in [1.807, 2.05) is 42.0 Å². The Kier molecular flexibility index (Phi) is 12.4. The van der Waals surface area contributed by atoms with Crippen LogP contribution in [0.1, 0.15) is 37.9 Å². The number of allylic oxidation sites excluding steroid dienone is 6. The van der Waals surface area contributed by atoms with Crippen molar-refractivity contribution in [2.75, 3.05) is 38.1 Å². The number of nitrogens with two attached hydrogens (primary N) is 1. The Morgan fingerprint density at radius 2 is 2.07 bits per heavy atom. The van der Waals surface area contributed by atoms with E-state index < -0.39 is 17.8 Å². The van der Waals surface area contributed by atoms with Crippen molar-refractivity contribution < 1.29 is 22.7 Å². The number of nitrogens with zero attached hydrogens (tertiary/aromatic N) is 4. The molecule has 1 fully saturated rings. The number of nitrogens with one attached hydrogen (secondary N) is 2. The standard InChI is InChI=1S/C28H34F3N5O2.C2H6N2/c1-3-32-15-24-18-36(27(37)38-24)23-9-10-25(26(29)13-23)21-6-4-5-20(7-8-21)16-35-17-22(34-19-35)14-33-12-11-28(2,30)31;1-4-2-3/h4,6-10,13,17,19,24,32-33H,3,5,11-12,14-16,18H2,1-2H3;2H,1H3,(H2,3,4)/t24-;/m0./s1. The summed E-state index contributed by atoms with van der Waals surface area (Å²) in [5.74, 6) is -3.09. The van der Waals surface area contributed by atoms with Crippen molar-refractivity contribution in [1.82, 2.24) is 20.2 Å². The highest BCUT2D eigenvalue weighted by Gasteiger charge is 2.32. The van der Waals surface area contributed by atoms with E-state index >= 15 is 4.39 Å². The highest BCUT2D eigenvalue weighted by molar-refractivity contribution is 5.90. The zero-order chi connectivity index (χ0) is 30.5. The molecule has 0 spiro atoms. The maximum absolute atomic E-state index is 15.1. The minimum atomic E-state index is -2.68. The summed E-state index contributed by atoms with van der Waals surface area (Å²) in [6.07, 6.45) is 12.4. The summed E-state index contributed by atoms with van der Waals surface area (Å²) in [5.41, 5.74) is 8.29. The zero-order valence-corrected chi connectivity index (χ0v) is 24.3. The quantitative estimate of drug-likeness (QED) is 0.189. The number of halogens is 3. The van der Waals surface area contributed by atoms with E-state index in [9.17, 15) is 13.6 Å². The van der Waals surface area contributed by atoms with Crippen molar-refractivity contribution in [3.8, 4) is 0 Å². The number of hydrogen-bond acceptors (Lipinski definition) is 6. The Hall–Kier alpha value is -3.90. The first-order valence-corrected chi connectivity index (χ1v) is 13.9. The summed E-state index contributed by atoms with van der Waals surface area (Å²) in [6, 6.07) is 4.80. The van der Waals surface area contributed by atoms with Gasteiger partial charge in [0, 0.05) is 51.4 Å². The molecule has 42 heavy (non-hydrogen) atoms. The Bertz CT molecular complexity index is 1290. The summed E-state index contributed by atoms with van der Waals surface area (Å²) in [7, 11) is 1.62. The number of alkyl halides is 2. The van der Waals surface area contributed by atoms with Crippen LogP contribution in [0.4, 0.5) is 23.7 Å². The highest BCUT2D eigenvalue weighted by Crippen LogP contribution is 2.29. The van der Waals surface area contributed by atoms with E-state index in [-0.39, 0.29) is 19.1 Å². The molecular weight excluding hydrogens is 547 g/mol. The Balaban J connectivity index is 0.00000114. The molecule has 1 aromatic carbocycles. The van der Waals surface area contributed by atoms with Crippen LogP contribution in [-0.2, 0) is 17.8 Å². The van der Waals surface area contributed by atoms with Gasteiger partial charge in [-0.3, -0.25) is 9.89 Å². The minimum absolute atomic E-state index is 0.215. The van der Waals surface area contributed by atoms with Crippen LogP contribution in [0, 0.1) is 5.82 Å². The van der Waals surface area contributed by atoms with Gasteiger partial charge in [-0.25, -0.2) is 22.9 Å². The molecule has 0 saturated carbocycles. The third-order valence-corrected chi connectivity index (χ3v) is 6.52. The smallest absolute Gasteiger partial charge is 0.414 e. The molecule has 1 aliphatic carbocycles. The predicted molar refractivity (Wildman–Crippen MR) is 160 cm³/mol. The maximum atomic E-state index is 15.1. The van der Waals surface area contributed by atoms with Gasteiger partial charge in [0.05, 0.1) is 30.6 Å². The summed E-state index contributed by atoms with van der Waals surface area (Å²) < 4.78 is 48.3. The molecule has 4 rings (SSSR count). The van der Waals surface area contributed by atoms with Gasteiger partial charge < -0.3 is 25.7 Å². The van der Waals surface area contributed by atoms with Crippen molar-refractivity contribution in [1.29, 1.82) is 0 Å². The van der Waals surface area contributed by atoms with Crippen LogP contribution in [-0.4, -0.2) is 67.2 Å². The fourth-order valence-corrected chi connectivity index (χ4v) is 4.36. The average molecular weight is 588 g/mol. The number of likely N-dealkylation sites (N-methyl/N-ethyl adjacent to an activating group) is 1. The molecule has 2 heterocycles. The second-order valence-corrected chi connectivity index (χ2v) is 10.1. The molecule has 0 unspecified atom stereocenters. The number of carbonyl (C=O) groups is 1. The van der Waals surface area contributed by atoms with Crippen LogP contribution in [0.15, 0.2) is 65.6 Å². The molecule has 1 aromatic heterocycles. The third kappa shape index (κ3) is 10.2. The Labute approximate surface area is 245 Å². The van der Waals surface area contributed by atoms with Gasteiger partial charge in [0.2, 0.25) is 5.92 Å². The molecule has 1 atom stereocenters. The fraction of sp³-hybridized carbons (Fsp3) is 0.433. The Morgan fingerprint density at radius 3 is 2.76 bits per heavy atom. The molecule has 0 bridgehead atoms. The fourth-order valence-electron chi connectivity index (χ4n) is 4.36. The van der Waals surface area contributed by atoms with Crippen LogP contribution >= 0.6 is 0 Å². The van der Waals surface area contributed by atoms with E-state index in [0.717, 1.165) is 30.3 Å². The van der Waals surface area contributed by atoms with Crippen LogP contribution in [0.25, 0.3) is 5.57 Å². The number of aliphatic imine (C=N–C) groups is 1. The molecule has 2 aromatic rings. The molecule has 1 aliphatic heterocycles. The first-order valence-electron chi connectivity index (χ1n) is 13.9. The van der Waals surface area contributed by atoms with Crippen molar-refractivity contribution in [2.45, 2.75) is 51.8 Å². The van der Waals surface area contributed by atoms with Gasteiger partial charge in [-0.1, -0.05) is 31.2 Å². The predicted octanol–water partition coefficient (Wildman–Crippen LogP) is 4.66. The molecule has 1 amide bonds. The first-order chi connectivity index (χ1) is 20.1. The van der Waals surface area contributed by atoms with Gasteiger partial charge in [-0.15, -0.1) is 0 Å². The average Bonchev–Trinajstić information content (AvgIpc) is 3.49. The monoisotopic (exact) mass is 587 g/mol. The van der Waals surface area contributed by atoms with Gasteiger partial charge in [0.15, 0.2) is 0 Å². The summed E-state index contributed by atoms with van der Waals surface area (Å²) >= 11 is 0. The summed E-state index contributed by atoms with van der Waals surface area (Å²) in [4.78, 5) is 21.5. The molecular formula is C30H40F3N7O2. The number of cyclic esters (lactones) is 1. The van der Waals surface area contributed by atoms with Crippen molar-refractivity contribution in [3.63, 3.8) is 0 Å². The highest BCUT2D eigenvalue weighted by atomic mass is 19.3. The SMILES string of the molecule is CCNC[C@H]1CN(c2ccc(C3=CC=C(Cn4cnc(CNCCC(C)(F)F)c4)CC=C3)c(F)c2)C(=O)O1.CN=CN. The van der Waals surface area contributed by atoms with Gasteiger partial charge in [0.25, 0.3) is 0 Å². The minimum Gasteiger partial charge on any atom is -0.443 e. The number of anilines is 1. The number of rotatable bonds is 12. The summed E-state index contributed by atoms with van der Waals surface area (Å²) in [5, 5.41) is 6.15. The van der Waals surface area contributed by atoms with E-state index in [1.165, 1.54) is 17.3 Å². The molecule has 0 radical (unpaired) electrons. The molecule has 4 N–H and O–H groups in total. The first kappa shape index (κ1) is 32.6. The van der Waals surface area contributed by atoms with E-state index in [0.29, 0.717) is 43.9 Å². The zero-order valence-electron chi connectivity index (χ0n) is 24.3. The van der Waals surface area contributed by atoms with Crippen LogP contribution in [0.5, 0.6) is 0 Å². The van der Waals surface area contributed by atoms with Crippen molar-refractivity contribution in [2.24, 2.45) is 10.7 Å². The maximum Gasteiger partial charge on any atom is 0.414 e. The van der Waals surface area contributed by atoms with Crippen LogP contribution < -0.4 is 21.3 Å². The van der Waals surface area contributed by atoms with Crippen LogP contribution in [0.3, 0.4) is 0 Å². The van der Waals surface area contributed by atoms with Gasteiger partial charge in [-0.05, 0) is 49.2 Å². The molecule has 1 saturated heterocycles. The van der Waals surface area contributed by atoms with Crippen molar-refractivity contribution in [3.05, 3.63) is 77.7 Å². The van der Waals surface area contributed by atoms with Gasteiger partial charge in [-0.2, -0.15) is 0 Å².